The predicted molar refractivity (Wildman–Crippen MR) is 138 cm³/mol. The highest BCUT2D eigenvalue weighted by Gasteiger charge is 2.54. The van der Waals surface area contributed by atoms with E-state index in [9.17, 15) is 19.2 Å². The van der Waals surface area contributed by atoms with Crippen molar-refractivity contribution < 1.29 is 33.5 Å². The number of fused-ring (bicyclic) bond motifs is 1. The van der Waals surface area contributed by atoms with Crippen LogP contribution in [-0.2, 0) is 33.5 Å². The molecule has 2 unspecified atom stereocenters. The first-order valence-electron chi connectivity index (χ1n) is 12.1. The Balaban J connectivity index is 1.42. The fourth-order valence-electron chi connectivity index (χ4n) is 3.99. The first-order chi connectivity index (χ1) is 18.0. The molecular formula is C23H30N6O7S2. The Labute approximate surface area is 227 Å². The van der Waals surface area contributed by atoms with E-state index in [1.54, 1.807) is 26.8 Å². The zero-order valence-corrected chi connectivity index (χ0v) is 23.1. The SMILES string of the molecule is CC1C=C(C(=O)OCOC(=O)C(C)(C)C)N2C(=O)C(NC(=O)C(=NOC3CCCC3)c3nsc(N)n3)[C@H]2S1. The molecule has 1 saturated heterocycles. The second kappa shape index (κ2) is 11.3. The molecule has 0 bridgehead atoms. The summed E-state index contributed by atoms with van der Waals surface area (Å²) in [7, 11) is 0. The number of amides is 2. The molecule has 0 spiro atoms. The van der Waals surface area contributed by atoms with E-state index >= 15 is 0 Å². The van der Waals surface area contributed by atoms with E-state index in [1.165, 1.54) is 16.7 Å². The normalized spacial score (nSPS) is 23.7. The summed E-state index contributed by atoms with van der Waals surface area (Å²) in [6, 6.07) is -0.933. The van der Waals surface area contributed by atoms with Crippen LogP contribution in [-0.4, -0.2) is 73.3 Å². The van der Waals surface area contributed by atoms with Gasteiger partial charge >= 0.3 is 11.9 Å². The van der Waals surface area contributed by atoms with E-state index in [0.29, 0.717) is 0 Å². The van der Waals surface area contributed by atoms with Crippen molar-refractivity contribution in [3.63, 3.8) is 0 Å². The molecular weight excluding hydrogens is 536 g/mol. The van der Waals surface area contributed by atoms with Gasteiger partial charge in [0.15, 0.2) is 5.13 Å². The van der Waals surface area contributed by atoms with Crippen LogP contribution >= 0.6 is 23.3 Å². The number of hydrogen-bond acceptors (Lipinski definition) is 13. The minimum absolute atomic E-state index is 0.00487. The van der Waals surface area contributed by atoms with Crippen LogP contribution in [0.1, 0.15) is 59.2 Å². The monoisotopic (exact) mass is 566 g/mol. The van der Waals surface area contributed by atoms with Crippen molar-refractivity contribution in [1.29, 1.82) is 0 Å². The predicted octanol–water partition coefficient (Wildman–Crippen LogP) is 1.55. The van der Waals surface area contributed by atoms with E-state index in [2.05, 4.69) is 19.8 Å². The molecule has 0 radical (unpaired) electrons. The lowest BCUT2D eigenvalue weighted by atomic mass is 9.98. The average Bonchev–Trinajstić information content (AvgIpc) is 3.53. The van der Waals surface area contributed by atoms with Crippen LogP contribution in [0.2, 0.25) is 0 Å². The van der Waals surface area contributed by atoms with Gasteiger partial charge in [0.2, 0.25) is 18.3 Å². The fourth-order valence-corrected chi connectivity index (χ4v) is 5.76. The van der Waals surface area contributed by atoms with Crippen LogP contribution in [0.4, 0.5) is 5.13 Å². The number of oxime groups is 1. The topological polar surface area (TPSA) is 175 Å². The Bertz CT molecular complexity index is 1170. The number of rotatable bonds is 8. The number of β-lactam (4-membered cyclic amide) rings is 1. The zero-order valence-electron chi connectivity index (χ0n) is 21.5. The van der Waals surface area contributed by atoms with E-state index in [1.807, 2.05) is 6.92 Å². The number of thioether (sulfide) groups is 1. The van der Waals surface area contributed by atoms with Gasteiger partial charge in [0, 0.05) is 16.8 Å². The Hall–Kier alpha value is -3.20. The maximum Gasteiger partial charge on any atom is 0.357 e. The maximum atomic E-state index is 13.2. The number of carbonyl (C=O) groups excluding carboxylic acids is 4. The molecule has 206 valence electrons. The number of ether oxygens (including phenoxy) is 2. The summed E-state index contributed by atoms with van der Waals surface area (Å²) in [5.41, 5.74) is 4.78. The quantitative estimate of drug-likeness (QED) is 0.153. The minimum atomic E-state index is -0.933. The van der Waals surface area contributed by atoms with Gasteiger partial charge < -0.3 is 25.4 Å². The Kier molecular flexibility index (Phi) is 8.25. The highest BCUT2D eigenvalue weighted by molar-refractivity contribution is 8.00. The number of hydrogen-bond donors (Lipinski definition) is 2. The summed E-state index contributed by atoms with van der Waals surface area (Å²) in [5, 5.41) is 6.14. The molecule has 3 N–H and O–H groups in total. The van der Waals surface area contributed by atoms with Crippen molar-refractivity contribution in [2.75, 3.05) is 12.5 Å². The molecule has 1 aromatic rings. The molecule has 0 aromatic carbocycles. The highest BCUT2D eigenvalue weighted by atomic mass is 32.2. The lowest BCUT2D eigenvalue weighted by Gasteiger charge is -2.49. The van der Waals surface area contributed by atoms with Gasteiger partial charge in [0.1, 0.15) is 23.2 Å². The Morgan fingerprint density at radius 2 is 1.95 bits per heavy atom. The van der Waals surface area contributed by atoms with Gasteiger partial charge in [-0.15, -0.1) is 11.8 Å². The van der Waals surface area contributed by atoms with Gasteiger partial charge in [-0.1, -0.05) is 5.16 Å². The Morgan fingerprint density at radius 3 is 2.58 bits per heavy atom. The van der Waals surface area contributed by atoms with Crippen LogP contribution in [0.3, 0.4) is 0 Å². The zero-order chi connectivity index (χ0) is 27.6. The number of nitrogens with one attached hydrogen (secondary N) is 1. The van der Waals surface area contributed by atoms with Gasteiger partial charge in [-0.05, 0) is 59.5 Å². The summed E-state index contributed by atoms with van der Waals surface area (Å²) in [6.07, 6.45) is 5.19. The summed E-state index contributed by atoms with van der Waals surface area (Å²) < 4.78 is 14.1. The molecule has 38 heavy (non-hydrogen) atoms. The number of carbonyl (C=O) groups is 4. The number of nitrogens with two attached hydrogens (primary N) is 1. The highest BCUT2D eigenvalue weighted by Crippen LogP contribution is 2.41. The summed E-state index contributed by atoms with van der Waals surface area (Å²) >= 11 is 2.30. The first kappa shape index (κ1) is 27.8. The second-order valence-corrected chi connectivity index (χ2v) is 12.4. The minimum Gasteiger partial charge on any atom is -0.427 e. The molecule has 2 amide bonds. The van der Waals surface area contributed by atoms with Crippen molar-refractivity contribution in [1.82, 2.24) is 19.6 Å². The number of esters is 2. The standard InChI is InChI=1S/C23H30N6O7S2/c1-11-9-13(20(32)34-10-35-21(33)23(2,3)4)29-18(31)15(19(29)37-11)25-17(30)14(16-26-22(24)38-28-16)27-36-12-7-5-6-8-12/h9,11-12,15,19H,5-8,10H2,1-4H3,(H,25,30)(H2,24,26,28)/t11?,15?,19-/m1/s1. The Morgan fingerprint density at radius 1 is 1.24 bits per heavy atom. The van der Waals surface area contributed by atoms with E-state index in [-0.39, 0.29) is 33.7 Å². The molecule has 1 aromatic heterocycles. The van der Waals surface area contributed by atoms with Gasteiger partial charge in [0.25, 0.3) is 11.8 Å². The smallest absolute Gasteiger partial charge is 0.357 e. The first-order valence-corrected chi connectivity index (χ1v) is 13.9. The molecule has 4 rings (SSSR count). The van der Waals surface area contributed by atoms with Crippen molar-refractivity contribution >= 4 is 57.9 Å². The summed E-state index contributed by atoms with van der Waals surface area (Å²) in [6.45, 7) is 6.29. The molecule has 2 fully saturated rings. The molecule has 3 aliphatic rings. The van der Waals surface area contributed by atoms with Gasteiger partial charge in [-0.2, -0.15) is 9.36 Å². The molecule has 3 heterocycles. The second-order valence-electron chi connectivity index (χ2n) is 10.1. The number of nitrogens with zero attached hydrogens (tertiary/aromatic N) is 4. The van der Waals surface area contributed by atoms with Gasteiger partial charge in [-0.25, -0.2) is 4.79 Å². The molecule has 15 heteroatoms. The fraction of sp³-hybridized carbons (Fsp3) is 0.609. The number of aromatic nitrogens is 2. The average molecular weight is 567 g/mol. The van der Waals surface area contributed by atoms with Crippen LogP contribution in [0, 0.1) is 5.41 Å². The van der Waals surface area contributed by atoms with Gasteiger partial charge in [-0.3, -0.25) is 19.3 Å². The van der Waals surface area contributed by atoms with E-state index < -0.39 is 47.4 Å². The largest absolute Gasteiger partial charge is 0.427 e. The van der Waals surface area contributed by atoms with Crippen LogP contribution in [0.15, 0.2) is 16.9 Å². The van der Waals surface area contributed by atoms with Gasteiger partial charge in [0.05, 0.1) is 5.41 Å². The molecule has 3 atom stereocenters. The number of nitrogen functional groups attached to an aromatic ring is 1. The number of anilines is 1. The van der Waals surface area contributed by atoms with Crippen LogP contribution in [0.5, 0.6) is 0 Å². The van der Waals surface area contributed by atoms with E-state index in [4.69, 9.17) is 20.0 Å². The third-order valence-corrected chi connectivity index (χ3v) is 7.87. The lowest BCUT2D eigenvalue weighted by molar-refractivity contribution is -0.173. The lowest BCUT2D eigenvalue weighted by Crippen LogP contribution is -2.71. The molecule has 1 saturated carbocycles. The van der Waals surface area contributed by atoms with Crippen LogP contribution in [0.25, 0.3) is 0 Å². The van der Waals surface area contributed by atoms with E-state index in [0.717, 1.165) is 37.2 Å². The third-order valence-electron chi connectivity index (χ3n) is 6.00. The van der Waals surface area contributed by atoms with Crippen molar-refractivity contribution in [3.8, 4) is 0 Å². The van der Waals surface area contributed by atoms with Crippen LogP contribution < -0.4 is 11.1 Å². The molecule has 1 aliphatic carbocycles. The van der Waals surface area contributed by atoms with Crippen molar-refractivity contribution in [2.24, 2.45) is 10.6 Å². The third kappa shape index (κ3) is 6.09. The maximum absolute atomic E-state index is 13.2. The molecule has 2 aliphatic heterocycles. The van der Waals surface area contributed by atoms with Crippen molar-refractivity contribution in [2.45, 2.75) is 76.1 Å². The molecule has 13 nitrogen and oxygen atoms in total. The van der Waals surface area contributed by atoms with Crippen molar-refractivity contribution in [3.05, 3.63) is 17.6 Å². The summed E-state index contributed by atoms with van der Waals surface area (Å²) in [5.74, 6) is -2.53. The summed E-state index contributed by atoms with van der Waals surface area (Å²) in [4.78, 5) is 61.7.